The third kappa shape index (κ3) is 5.42. The first kappa shape index (κ1) is 17.0. The molecule has 0 bridgehead atoms. The second kappa shape index (κ2) is 7.80. The van der Waals surface area contributed by atoms with Crippen LogP contribution >= 0.6 is 0 Å². The number of aliphatic imine (C=N–C) groups is 1. The van der Waals surface area contributed by atoms with Gasteiger partial charge in [-0.2, -0.15) is 0 Å². The topological polar surface area (TPSA) is 110 Å². The molecule has 0 amide bonds. The van der Waals surface area contributed by atoms with Crippen molar-refractivity contribution in [2.75, 3.05) is 13.1 Å². The Hall–Kier alpha value is -2.32. The van der Waals surface area contributed by atoms with Crippen LogP contribution in [-0.2, 0) is 16.6 Å². The van der Waals surface area contributed by atoms with Crippen molar-refractivity contribution < 1.29 is 12.8 Å². The molecule has 0 spiro atoms. The molecule has 8 heteroatoms. The van der Waals surface area contributed by atoms with Gasteiger partial charge >= 0.3 is 0 Å². The molecule has 0 aliphatic carbocycles. The number of hydrogen-bond acceptors (Lipinski definition) is 4. The van der Waals surface area contributed by atoms with E-state index >= 15 is 0 Å². The number of guanidine groups is 1. The summed E-state index contributed by atoms with van der Waals surface area (Å²) >= 11 is 0. The van der Waals surface area contributed by atoms with Crippen molar-refractivity contribution in [1.82, 2.24) is 10.0 Å². The van der Waals surface area contributed by atoms with Crippen molar-refractivity contribution in [2.24, 2.45) is 10.7 Å². The van der Waals surface area contributed by atoms with E-state index in [9.17, 15) is 8.42 Å². The van der Waals surface area contributed by atoms with Crippen LogP contribution in [0.1, 0.15) is 11.3 Å². The number of sulfonamides is 1. The molecule has 0 aliphatic rings. The molecule has 1 aromatic heterocycles. The van der Waals surface area contributed by atoms with Crippen molar-refractivity contribution in [3.8, 4) is 0 Å². The monoisotopic (exact) mass is 336 g/mol. The Kier molecular flexibility index (Phi) is 5.78. The fourth-order valence-electron chi connectivity index (χ4n) is 1.80. The Morgan fingerprint density at radius 1 is 1.22 bits per heavy atom. The van der Waals surface area contributed by atoms with Gasteiger partial charge < -0.3 is 15.5 Å². The first-order valence-corrected chi connectivity index (χ1v) is 8.58. The Morgan fingerprint density at radius 3 is 2.61 bits per heavy atom. The lowest BCUT2D eigenvalue weighted by Crippen LogP contribution is -2.38. The minimum atomic E-state index is -3.51. The summed E-state index contributed by atoms with van der Waals surface area (Å²) in [7, 11) is -3.51. The van der Waals surface area contributed by atoms with Crippen LogP contribution in [0.5, 0.6) is 0 Å². The second-order valence-corrected chi connectivity index (χ2v) is 6.69. The average molecular weight is 336 g/mol. The first-order valence-electron chi connectivity index (χ1n) is 7.10. The molecular weight excluding hydrogens is 316 g/mol. The summed E-state index contributed by atoms with van der Waals surface area (Å²) in [6.07, 6.45) is 1.56. The molecule has 124 valence electrons. The number of furan rings is 1. The van der Waals surface area contributed by atoms with Gasteiger partial charge in [0.15, 0.2) is 5.96 Å². The third-order valence-corrected chi connectivity index (χ3v) is 4.52. The Balaban J connectivity index is 1.76. The molecule has 23 heavy (non-hydrogen) atoms. The molecule has 0 unspecified atom stereocenters. The highest BCUT2D eigenvalue weighted by Gasteiger charge is 2.12. The normalized spacial score (nSPS) is 12.3. The van der Waals surface area contributed by atoms with Crippen LogP contribution in [0.2, 0.25) is 0 Å². The average Bonchev–Trinajstić information content (AvgIpc) is 3.03. The summed E-state index contributed by atoms with van der Waals surface area (Å²) in [5.74, 6) is 0.936. The van der Waals surface area contributed by atoms with Gasteiger partial charge in [0, 0.05) is 13.1 Å². The molecule has 0 aliphatic heterocycles. The minimum Gasteiger partial charge on any atom is -0.467 e. The molecular formula is C15H20N4O3S. The van der Waals surface area contributed by atoms with Crippen LogP contribution in [0.4, 0.5) is 0 Å². The van der Waals surface area contributed by atoms with Crippen molar-refractivity contribution in [1.29, 1.82) is 0 Å². The maximum Gasteiger partial charge on any atom is 0.240 e. The fourth-order valence-corrected chi connectivity index (χ4v) is 2.83. The summed E-state index contributed by atoms with van der Waals surface area (Å²) in [6, 6.07) is 10.2. The maximum atomic E-state index is 12.1. The maximum absolute atomic E-state index is 12.1. The third-order valence-electron chi connectivity index (χ3n) is 3.04. The van der Waals surface area contributed by atoms with E-state index in [1.807, 2.05) is 6.92 Å². The Labute approximate surface area is 135 Å². The zero-order valence-corrected chi connectivity index (χ0v) is 13.6. The summed E-state index contributed by atoms with van der Waals surface area (Å²) in [5.41, 5.74) is 6.69. The van der Waals surface area contributed by atoms with E-state index in [1.165, 1.54) is 0 Å². The molecule has 1 heterocycles. The summed E-state index contributed by atoms with van der Waals surface area (Å²) in [5, 5.41) is 2.84. The van der Waals surface area contributed by atoms with Gasteiger partial charge in [0.05, 0.1) is 11.2 Å². The number of benzene rings is 1. The lowest BCUT2D eigenvalue weighted by molar-refractivity contribution is 0.512. The number of hydrogen-bond donors (Lipinski definition) is 3. The molecule has 0 saturated heterocycles. The van der Waals surface area contributed by atoms with E-state index in [-0.39, 0.29) is 17.4 Å². The van der Waals surface area contributed by atoms with Crippen molar-refractivity contribution in [3.05, 3.63) is 54.0 Å². The van der Waals surface area contributed by atoms with Crippen molar-refractivity contribution in [3.63, 3.8) is 0 Å². The smallest absolute Gasteiger partial charge is 0.240 e. The molecule has 2 aromatic rings. The molecule has 7 nitrogen and oxygen atoms in total. The van der Waals surface area contributed by atoms with Crippen LogP contribution in [-0.4, -0.2) is 27.5 Å². The number of aryl methyl sites for hydroxylation is 1. The van der Waals surface area contributed by atoms with Crippen LogP contribution in [0.3, 0.4) is 0 Å². The zero-order valence-electron chi connectivity index (χ0n) is 12.8. The molecule has 4 N–H and O–H groups in total. The highest BCUT2D eigenvalue weighted by Crippen LogP contribution is 2.09. The van der Waals surface area contributed by atoms with Gasteiger partial charge in [0.1, 0.15) is 12.3 Å². The fraction of sp³-hybridized carbons (Fsp3) is 0.267. The van der Waals surface area contributed by atoms with Crippen LogP contribution in [0.15, 0.2) is 57.0 Å². The Bertz CT molecular complexity index is 738. The van der Waals surface area contributed by atoms with E-state index in [0.29, 0.717) is 18.8 Å². The van der Waals surface area contributed by atoms with Crippen molar-refractivity contribution >= 4 is 16.0 Å². The molecule has 0 atom stereocenters. The molecule has 0 radical (unpaired) electrons. The predicted molar refractivity (Wildman–Crippen MR) is 88.4 cm³/mol. The Morgan fingerprint density at radius 2 is 1.96 bits per heavy atom. The minimum absolute atomic E-state index is 0.202. The largest absolute Gasteiger partial charge is 0.467 e. The van der Waals surface area contributed by atoms with E-state index in [0.717, 1.165) is 5.56 Å². The number of nitrogens with one attached hydrogen (secondary N) is 2. The molecule has 0 fully saturated rings. The quantitative estimate of drug-likeness (QED) is 0.396. The van der Waals surface area contributed by atoms with Gasteiger partial charge in [-0.3, -0.25) is 0 Å². The van der Waals surface area contributed by atoms with E-state index in [4.69, 9.17) is 10.2 Å². The summed E-state index contributed by atoms with van der Waals surface area (Å²) < 4.78 is 31.7. The highest BCUT2D eigenvalue weighted by molar-refractivity contribution is 7.89. The van der Waals surface area contributed by atoms with Gasteiger partial charge in [-0.05, 0) is 31.2 Å². The zero-order chi connectivity index (χ0) is 16.7. The lowest BCUT2D eigenvalue weighted by atomic mass is 10.2. The van der Waals surface area contributed by atoms with Gasteiger partial charge in [0.2, 0.25) is 10.0 Å². The SMILES string of the molecule is Cc1ccc(S(=O)(=O)NCCNC(N)=NCc2ccco2)cc1. The standard InChI is InChI=1S/C15H20N4O3S/c1-12-4-6-14(7-5-12)23(20,21)19-9-8-17-15(16)18-11-13-3-2-10-22-13/h2-7,10,19H,8-9,11H2,1H3,(H3,16,17,18). The van der Waals surface area contributed by atoms with Crippen LogP contribution in [0, 0.1) is 6.92 Å². The molecule has 2 rings (SSSR count). The van der Waals surface area contributed by atoms with Crippen LogP contribution < -0.4 is 15.8 Å². The first-order chi connectivity index (χ1) is 11.0. The van der Waals surface area contributed by atoms with Gasteiger partial charge in [-0.25, -0.2) is 18.1 Å². The van der Waals surface area contributed by atoms with E-state index in [2.05, 4.69) is 15.0 Å². The van der Waals surface area contributed by atoms with E-state index < -0.39 is 10.0 Å². The van der Waals surface area contributed by atoms with Gasteiger partial charge in [-0.1, -0.05) is 17.7 Å². The molecule has 0 saturated carbocycles. The van der Waals surface area contributed by atoms with E-state index in [1.54, 1.807) is 42.7 Å². The van der Waals surface area contributed by atoms with Gasteiger partial charge in [-0.15, -0.1) is 0 Å². The number of rotatable bonds is 7. The van der Waals surface area contributed by atoms with Gasteiger partial charge in [0.25, 0.3) is 0 Å². The summed E-state index contributed by atoms with van der Waals surface area (Å²) in [6.45, 7) is 2.77. The second-order valence-electron chi connectivity index (χ2n) is 4.92. The van der Waals surface area contributed by atoms with Crippen molar-refractivity contribution in [2.45, 2.75) is 18.4 Å². The lowest BCUT2D eigenvalue weighted by Gasteiger charge is -2.08. The number of nitrogens with two attached hydrogens (primary N) is 1. The number of nitrogens with zero attached hydrogens (tertiary/aromatic N) is 1. The molecule has 1 aromatic carbocycles. The highest BCUT2D eigenvalue weighted by atomic mass is 32.2. The predicted octanol–water partition coefficient (Wildman–Crippen LogP) is 0.971. The summed E-state index contributed by atoms with van der Waals surface area (Å²) in [4.78, 5) is 4.32. The van der Waals surface area contributed by atoms with Crippen LogP contribution in [0.25, 0.3) is 0 Å².